The van der Waals surface area contributed by atoms with Gasteiger partial charge in [0.05, 0.1) is 5.69 Å². The van der Waals surface area contributed by atoms with Gasteiger partial charge in [0, 0.05) is 39.3 Å². The van der Waals surface area contributed by atoms with Gasteiger partial charge in [0.1, 0.15) is 12.4 Å². The van der Waals surface area contributed by atoms with E-state index in [1.165, 1.54) is 15.9 Å². The summed E-state index contributed by atoms with van der Waals surface area (Å²) in [4.78, 5) is 31.6. The number of likely N-dealkylation sites (N-methyl/N-ethyl adjacent to an activating group) is 1. The van der Waals surface area contributed by atoms with Gasteiger partial charge in [-0.1, -0.05) is 12.1 Å². The molecule has 23 heavy (non-hydrogen) atoms. The number of hydrogen-bond acceptors (Lipinski definition) is 3. The molecule has 2 saturated heterocycles. The zero-order valence-electron chi connectivity index (χ0n) is 13.2. The number of benzene rings is 1. The van der Waals surface area contributed by atoms with Crippen LogP contribution in [-0.4, -0.2) is 79.5 Å². The molecule has 0 atom stereocenters. The molecule has 2 aliphatic rings. The monoisotopic (exact) mass is 320 g/mol. The first kappa shape index (κ1) is 15.7. The Morgan fingerprint density at radius 3 is 2.48 bits per heavy atom. The Morgan fingerprint density at radius 2 is 1.78 bits per heavy atom. The first-order chi connectivity index (χ1) is 11.1. The van der Waals surface area contributed by atoms with Gasteiger partial charge in [-0.15, -0.1) is 0 Å². The molecule has 6 nitrogen and oxygen atoms in total. The zero-order chi connectivity index (χ0) is 16.4. The average Bonchev–Trinajstić information content (AvgIpc) is 2.89. The second kappa shape index (κ2) is 6.54. The minimum Gasteiger partial charge on any atom is -0.339 e. The lowest BCUT2D eigenvalue weighted by Gasteiger charge is -2.33. The van der Waals surface area contributed by atoms with Gasteiger partial charge in [-0.05, 0) is 19.2 Å². The van der Waals surface area contributed by atoms with E-state index in [1.807, 2.05) is 7.05 Å². The summed E-state index contributed by atoms with van der Waals surface area (Å²) in [5.41, 5.74) is 0.270. The molecule has 2 heterocycles. The highest BCUT2D eigenvalue weighted by molar-refractivity contribution is 5.96. The van der Waals surface area contributed by atoms with Gasteiger partial charge in [0.25, 0.3) is 0 Å². The van der Waals surface area contributed by atoms with E-state index in [4.69, 9.17) is 0 Å². The number of rotatable bonds is 3. The largest absolute Gasteiger partial charge is 0.339 e. The van der Waals surface area contributed by atoms with Crippen molar-refractivity contribution in [2.45, 2.75) is 0 Å². The first-order valence-corrected chi connectivity index (χ1v) is 7.83. The Balaban J connectivity index is 1.61. The van der Waals surface area contributed by atoms with Crippen molar-refractivity contribution in [3.63, 3.8) is 0 Å². The fourth-order valence-electron chi connectivity index (χ4n) is 2.94. The van der Waals surface area contributed by atoms with E-state index in [0.29, 0.717) is 26.2 Å². The van der Waals surface area contributed by atoms with Crippen LogP contribution in [0.25, 0.3) is 0 Å². The molecule has 1 aromatic carbocycles. The van der Waals surface area contributed by atoms with E-state index in [-0.39, 0.29) is 24.2 Å². The predicted molar refractivity (Wildman–Crippen MR) is 84.8 cm³/mol. The Hall–Kier alpha value is -2.15. The van der Waals surface area contributed by atoms with E-state index in [2.05, 4.69) is 4.90 Å². The highest BCUT2D eigenvalue weighted by Crippen LogP contribution is 2.23. The second-order valence-corrected chi connectivity index (χ2v) is 5.99. The van der Waals surface area contributed by atoms with Crippen LogP contribution in [0.15, 0.2) is 24.3 Å². The number of carbonyl (C=O) groups is 2. The number of amides is 3. The van der Waals surface area contributed by atoms with Crippen LogP contribution in [0.5, 0.6) is 0 Å². The molecule has 0 radical (unpaired) electrons. The lowest BCUT2D eigenvalue weighted by Crippen LogP contribution is -2.50. The molecule has 2 fully saturated rings. The van der Waals surface area contributed by atoms with Crippen molar-refractivity contribution in [1.29, 1.82) is 0 Å². The molecule has 2 aliphatic heterocycles. The van der Waals surface area contributed by atoms with Crippen LogP contribution in [0.1, 0.15) is 0 Å². The molecule has 124 valence electrons. The van der Waals surface area contributed by atoms with Gasteiger partial charge in [0.2, 0.25) is 5.91 Å². The van der Waals surface area contributed by atoms with Crippen molar-refractivity contribution in [3.05, 3.63) is 30.1 Å². The molecule has 0 unspecified atom stereocenters. The summed E-state index contributed by atoms with van der Waals surface area (Å²) in [7, 11) is 2.03. The van der Waals surface area contributed by atoms with Gasteiger partial charge >= 0.3 is 6.03 Å². The molecule has 1 aromatic rings. The summed E-state index contributed by atoms with van der Waals surface area (Å²) >= 11 is 0. The fraction of sp³-hybridized carbons (Fsp3) is 0.500. The molecule has 0 aromatic heterocycles. The minimum absolute atomic E-state index is 0.0400. The van der Waals surface area contributed by atoms with Crippen LogP contribution in [0.3, 0.4) is 0 Å². The van der Waals surface area contributed by atoms with Crippen LogP contribution in [0, 0.1) is 5.82 Å². The molecule has 3 rings (SSSR count). The minimum atomic E-state index is -0.423. The Labute approximate surface area is 135 Å². The molecule has 0 bridgehead atoms. The number of nitrogens with zero attached hydrogens (tertiary/aromatic N) is 4. The maximum Gasteiger partial charge on any atom is 0.325 e. The molecular weight excluding hydrogens is 299 g/mol. The number of halogens is 1. The third kappa shape index (κ3) is 3.29. The Morgan fingerprint density at radius 1 is 1.09 bits per heavy atom. The Kier molecular flexibility index (Phi) is 4.47. The van der Waals surface area contributed by atoms with E-state index >= 15 is 0 Å². The number of urea groups is 1. The van der Waals surface area contributed by atoms with E-state index < -0.39 is 5.82 Å². The topological polar surface area (TPSA) is 47.1 Å². The molecule has 0 aliphatic carbocycles. The van der Waals surface area contributed by atoms with Crippen LogP contribution >= 0.6 is 0 Å². The van der Waals surface area contributed by atoms with Crippen LogP contribution in [0.4, 0.5) is 14.9 Å². The highest BCUT2D eigenvalue weighted by Gasteiger charge is 2.33. The molecular formula is C16H21FN4O2. The number of para-hydroxylation sites is 1. The van der Waals surface area contributed by atoms with E-state index in [1.54, 1.807) is 23.1 Å². The smallest absolute Gasteiger partial charge is 0.325 e. The van der Waals surface area contributed by atoms with E-state index in [9.17, 15) is 14.0 Å². The fourth-order valence-corrected chi connectivity index (χ4v) is 2.94. The summed E-state index contributed by atoms with van der Waals surface area (Å²) < 4.78 is 13.8. The van der Waals surface area contributed by atoms with Crippen LogP contribution < -0.4 is 4.90 Å². The van der Waals surface area contributed by atoms with Crippen molar-refractivity contribution >= 4 is 17.6 Å². The van der Waals surface area contributed by atoms with Gasteiger partial charge < -0.3 is 14.7 Å². The number of piperazine rings is 1. The summed E-state index contributed by atoms with van der Waals surface area (Å²) in [6, 6.07) is 5.90. The lowest BCUT2D eigenvalue weighted by molar-refractivity contribution is -0.133. The van der Waals surface area contributed by atoms with Crippen molar-refractivity contribution in [2.24, 2.45) is 0 Å². The molecule has 3 amide bonds. The first-order valence-electron chi connectivity index (χ1n) is 7.83. The van der Waals surface area contributed by atoms with Gasteiger partial charge in [0.15, 0.2) is 0 Å². The standard InChI is InChI=1S/C16H21FN4O2/c1-18-6-8-19(9-7-18)15(22)12-20-10-11-21(16(20)23)14-5-3-2-4-13(14)17/h2-5H,6-12H2,1H3. The second-order valence-electron chi connectivity index (χ2n) is 5.99. The average molecular weight is 320 g/mol. The SMILES string of the molecule is CN1CCN(C(=O)CN2CCN(c3ccccc3F)C2=O)CC1. The van der Waals surface area contributed by atoms with Gasteiger partial charge in [-0.2, -0.15) is 0 Å². The summed E-state index contributed by atoms with van der Waals surface area (Å²) in [5, 5.41) is 0. The van der Waals surface area contributed by atoms with Crippen molar-refractivity contribution in [1.82, 2.24) is 14.7 Å². The third-order valence-electron chi connectivity index (χ3n) is 4.42. The van der Waals surface area contributed by atoms with Crippen LogP contribution in [-0.2, 0) is 4.79 Å². The maximum absolute atomic E-state index is 13.8. The van der Waals surface area contributed by atoms with Crippen molar-refractivity contribution in [3.8, 4) is 0 Å². The van der Waals surface area contributed by atoms with Crippen LogP contribution in [0.2, 0.25) is 0 Å². The highest BCUT2D eigenvalue weighted by atomic mass is 19.1. The molecule has 0 spiro atoms. The summed E-state index contributed by atoms with van der Waals surface area (Å²) in [6.07, 6.45) is 0. The molecule has 7 heteroatoms. The normalized spacial score (nSPS) is 19.6. The van der Waals surface area contributed by atoms with Gasteiger partial charge in [-0.25, -0.2) is 9.18 Å². The lowest BCUT2D eigenvalue weighted by atomic mass is 10.3. The van der Waals surface area contributed by atoms with Gasteiger partial charge in [-0.3, -0.25) is 9.69 Å². The molecule has 0 N–H and O–H groups in total. The maximum atomic E-state index is 13.8. The Bertz CT molecular complexity index is 601. The number of carbonyl (C=O) groups excluding carboxylic acids is 2. The quantitative estimate of drug-likeness (QED) is 0.829. The zero-order valence-corrected chi connectivity index (χ0v) is 13.2. The van der Waals surface area contributed by atoms with Crippen molar-refractivity contribution in [2.75, 3.05) is 57.8 Å². The predicted octanol–water partition coefficient (Wildman–Crippen LogP) is 0.842. The number of hydrogen-bond donors (Lipinski definition) is 0. The van der Waals surface area contributed by atoms with E-state index in [0.717, 1.165) is 13.1 Å². The summed E-state index contributed by atoms with van der Waals surface area (Å²) in [6.45, 7) is 3.97. The molecule has 0 saturated carbocycles. The summed E-state index contributed by atoms with van der Waals surface area (Å²) in [5.74, 6) is -0.463. The van der Waals surface area contributed by atoms with Crippen molar-refractivity contribution < 1.29 is 14.0 Å². The number of anilines is 1. The third-order valence-corrected chi connectivity index (χ3v) is 4.42.